The van der Waals surface area contributed by atoms with Crippen molar-refractivity contribution < 1.29 is 22.7 Å². The maximum Gasteiger partial charge on any atom is 0.304 e. The van der Waals surface area contributed by atoms with Crippen molar-refractivity contribution in [2.75, 3.05) is 5.32 Å². The van der Waals surface area contributed by atoms with Gasteiger partial charge in [0.25, 0.3) is 12.3 Å². The lowest BCUT2D eigenvalue weighted by Gasteiger charge is -2.14. The van der Waals surface area contributed by atoms with Crippen LogP contribution in [0.2, 0.25) is 5.28 Å². The molecule has 2 heterocycles. The highest BCUT2D eigenvalue weighted by atomic mass is 35.5. The maximum atomic E-state index is 13.0. The Morgan fingerprint density at radius 1 is 1.27 bits per heavy atom. The Balaban J connectivity index is 2.17. The Morgan fingerprint density at radius 3 is 2.73 bits per heavy atom. The SMILES string of the molecule is O=C(Nc1cnccc1OC(F)C(F)F)c1ccnc(Cl)n1. The third-order valence-electron chi connectivity index (χ3n) is 2.33. The molecule has 0 aliphatic rings. The summed E-state index contributed by atoms with van der Waals surface area (Å²) in [4.78, 5) is 22.9. The van der Waals surface area contributed by atoms with Gasteiger partial charge in [0.15, 0.2) is 0 Å². The van der Waals surface area contributed by atoms with E-state index in [0.717, 1.165) is 12.3 Å². The van der Waals surface area contributed by atoms with Crippen LogP contribution in [0.3, 0.4) is 0 Å². The molecule has 1 unspecified atom stereocenters. The molecule has 0 aromatic carbocycles. The summed E-state index contributed by atoms with van der Waals surface area (Å²) in [5, 5.41) is 2.17. The highest BCUT2D eigenvalue weighted by Crippen LogP contribution is 2.25. The Hall–Kier alpha value is -2.42. The minimum atomic E-state index is -3.32. The van der Waals surface area contributed by atoms with E-state index in [-0.39, 0.29) is 22.4 Å². The summed E-state index contributed by atoms with van der Waals surface area (Å²) in [5.41, 5.74) is -0.161. The first-order chi connectivity index (χ1) is 10.5. The number of hydrogen-bond donors (Lipinski definition) is 1. The number of carbonyl (C=O) groups is 1. The fourth-order valence-corrected chi connectivity index (χ4v) is 1.55. The van der Waals surface area contributed by atoms with Crippen molar-refractivity contribution in [3.8, 4) is 5.75 Å². The minimum absolute atomic E-state index is 0.0690. The number of carbonyl (C=O) groups excluding carboxylic acids is 1. The number of alkyl halides is 3. The molecule has 2 aromatic rings. The third kappa shape index (κ3) is 4.04. The molecule has 116 valence electrons. The molecule has 1 amide bonds. The number of hydrogen-bond acceptors (Lipinski definition) is 5. The van der Waals surface area contributed by atoms with Crippen LogP contribution in [-0.2, 0) is 0 Å². The van der Waals surface area contributed by atoms with Crippen molar-refractivity contribution in [1.29, 1.82) is 0 Å². The normalized spacial score (nSPS) is 12.0. The highest BCUT2D eigenvalue weighted by molar-refractivity contribution is 6.28. The van der Waals surface area contributed by atoms with E-state index >= 15 is 0 Å². The van der Waals surface area contributed by atoms with Crippen LogP contribution >= 0.6 is 11.6 Å². The zero-order chi connectivity index (χ0) is 16.1. The molecule has 2 aromatic heterocycles. The Bertz CT molecular complexity index is 674. The monoisotopic (exact) mass is 332 g/mol. The van der Waals surface area contributed by atoms with Gasteiger partial charge in [-0.25, -0.2) is 18.7 Å². The van der Waals surface area contributed by atoms with Gasteiger partial charge in [-0.1, -0.05) is 0 Å². The van der Waals surface area contributed by atoms with Gasteiger partial charge in [-0.15, -0.1) is 0 Å². The molecule has 0 fully saturated rings. The molecule has 0 spiro atoms. The summed E-state index contributed by atoms with van der Waals surface area (Å²) in [6.45, 7) is 0. The largest absolute Gasteiger partial charge is 0.452 e. The molecule has 0 saturated carbocycles. The predicted octanol–water partition coefficient (Wildman–Crippen LogP) is 2.72. The molecule has 22 heavy (non-hydrogen) atoms. The van der Waals surface area contributed by atoms with Crippen molar-refractivity contribution in [3.63, 3.8) is 0 Å². The number of halogens is 4. The van der Waals surface area contributed by atoms with E-state index in [0.29, 0.717) is 0 Å². The summed E-state index contributed by atoms with van der Waals surface area (Å²) in [5.74, 6) is -1.01. The molecule has 0 bridgehead atoms. The number of nitrogens with zero attached hydrogens (tertiary/aromatic N) is 3. The number of ether oxygens (including phenoxy) is 1. The second-order valence-corrected chi connectivity index (χ2v) is 4.18. The van der Waals surface area contributed by atoms with E-state index in [2.05, 4.69) is 25.0 Å². The molecule has 0 radical (unpaired) electrons. The number of aromatic nitrogens is 3. The molecule has 2 rings (SSSR count). The van der Waals surface area contributed by atoms with Gasteiger partial charge in [-0.05, 0) is 17.7 Å². The summed E-state index contributed by atoms with van der Waals surface area (Å²) in [7, 11) is 0. The van der Waals surface area contributed by atoms with E-state index in [4.69, 9.17) is 11.6 Å². The van der Waals surface area contributed by atoms with Crippen LogP contribution in [0.25, 0.3) is 0 Å². The lowest BCUT2D eigenvalue weighted by atomic mass is 10.3. The van der Waals surface area contributed by atoms with Crippen LogP contribution < -0.4 is 10.1 Å². The van der Waals surface area contributed by atoms with Gasteiger partial charge < -0.3 is 10.1 Å². The van der Waals surface area contributed by atoms with Gasteiger partial charge >= 0.3 is 6.43 Å². The van der Waals surface area contributed by atoms with Crippen LogP contribution in [0.5, 0.6) is 5.75 Å². The number of anilines is 1. The minimum Gasteiger partial charge on any atom is -0.452 e. The predicted molar refractivity (Wildman–Crippen MR) is 70.8 cm³/mol. The quantitative estimate of drug-likeness (QED) is 0.852. The van der Waals surface area contributed by atoms with E-state index < -0.39 is 18.7 Å². The van der Waals surface area contributed by atoms with E-state index in [1.807, 2.05) is 0 Å². The van der Waals surface area contributed by atoms with Crippen molar-refractivity contribution in [2.45, 2.75) is 12.8 Å². The van der Waals surface area contributed by atoms with Gasteiger partial charge in [0.1, 0.15) is 17.1 Å². The Labute approximate surface area is 127 Å². The van der Waals surface area contributed by atoms with Gasteiger partial charge in [0.05, 0.1) is 6.20 Å². The average molecular weight is 333 g/mol. The van der Waals surface area contributed by atoms with Crippen LogP contribution in [0, 0.1) is 0 Å². The highest BCUT2D eigenvalue weighted by Gasteiger charge is 2.22. The fraction of sp³-hybridized carbons (Fsp3) is 0.167. The zero-order valence-corrected chi connectivity index (χ0v) is 11.5. The zero-order valence-electron chi connectivity index (χ0n) is 10.7. The van der Waals surface area contributed by atoms with Gasteiger partial charge in [-0.3, -0.25) is 9.78 Å². The average Bonchev–Trinajstić information content (AvgIpc) is 2.49. The van der Waals surface area contributed by atoms with Crippen molar-refractivity contribution in [2.24, 2.45) is 0 Å². The first-order valence-corrected chi connectivity index (χ1v) is 6.18. The molecule has 0 aliphatic carbocycles. The first-order valence-electron chi connectivity index (χ1n) is 5.80. The van der Waals surface area contributed by atoms with Crippen molar-refractivity contribution in [3.05, 3.63) is 41.7 Å². The summed E-state index contributed by atoms with van der Waals surface area (Å²) >= 11 is 5.55. The fourth-order valence-electron chi connectivity index (χ4n) is 1.40. The van der Waals surface area contributed by atoms with Crippen LogP contribution in [0.4, 0.5) is 18.9 Å². The van der Waals surface area contributed by atoms with Crippen LogP contribution in [-0.4, -0.2) is 33.6 Å². The van der Waals surface area contributed by atoms with E-state index in [9.17, 15) is 18.0 Å². The number of nitrogens with one attached hydrogen (secondary N) is 1. The first kappa shape index (κ1) is 16.0. The van der Waals surface area contributed by atoms with Gasteiger partial charge in [0.2, 0.25) is 5.28 Å². The standard InChI is InChI=1S/C12H8ClF3N4O2/c13-12-18-4-1-6(20-12)11(21)19-7-5-17-3-2-8(7)22-10(16)9(14)15/h1-5,9-10H,(H,19,21). The van der Waals surface area contributed by atoms with E-state index in [1.54, 1.807) is 0 Å². The molecule has 1 N–H and O–H groups in total. The lowest BCUT2D eigenvalue weighted by Crippen LogP contribution is -2.21. The van der Waals surface area contributed by atoms with Crippen molar-refractivity contribution >= 4 is 23.2 Å². The topological polar surface area (TPSA) is 77.0 Å². The molecule has 6 nitrogen and oxygen atoms in total. The second-order valence-electron chi connectivity index (χ2n) is 3.84. The molecule has 0 saturated heterocycles. The Morgan fingerprint density at radius 2 is 2.05 bits per heavy atom. The maximum absolute atomic E-state index is 13.0. The molecule has 10 heteroatoms. The van der Waals surface area contributed by atoms with Crippen LogP contribution in [0.1, 0.15) is 10.5 Å². The molecular formula is C12H8ClF3N4O2. The summed E-state index contributed by atoms with van der Waals surface area (Å²) in [6, 6.07) is 2.42. The van der Waals surface area contributed by atoms with Crippen molar-refractivity contribution in [1.82, 2.24) is 15.0 Å². The Kier molecular flexibility index (Phi) is 5.10. The lowest BCUT2D eigenvalue weighted by molar-refractivity contribution is -0.0665. The third-order valence-corrected chi connectivity index (χ3v) is 2.51. The molecule has 1 atom stereocenters. The smallest absolute Gasteiger partial charge is 0.304 e. The number of rotatable bonds is 5. The number of amides is 1. The molecular weight excluding hydrogens is 325 g/mol. The summed E-state index contributed by atoms with van der Waals surface area (Å²) < 4.78 is 41.8. The second kappa shape index (κ2) is 7.03. The van der Waals surface area contributed by atoms with Gasteiger partial charge in [-0.2, -0.15) is 4.39 Å². The van der Waals surface area contributed by atoms with E-state index in [1.165, 1.54) is 18.5 Å². The summed E-state index contributed by atoms with van der Waals surface area (Å²) in [6.07, 6.45) is -2.57. The van der Waals surface area contributed by atoms with Crippen LogP contribution in [0.15, 0.2) is 30.7 Å². The van der Waals surface area contributed by atoms with Gasteiger partial charge in [0, 0.05) is 18.5 Å². The molecule has 0 aliphatic heterocycles. The number of pyridine rings is 1.